The normalized spacial score (nSPS) is 12.0. The van der Waals surface area contributed by atoms with Gasteiger partial charge in [-0.15, -0.1) is 0 Å². The maximum absolute atomic E-state index is 5.52. The van der Waals surface area contributed by atoms with Crippen molar-refractivity contribution in [2.24, 2.45) is 10.7 Å². The van der Waals surface area contributed by atoms with Crippen LogP contribution in [0.3, 0.4) is 0 Å². The van der Waals surface area contributed by atoms with E-state index < -0.39 is 0 Å². The second kappa shape index (κ2) is 9.48. The molecule has 0 unspecified atom stereocenters. The van der Waals surface area contributed by atoms with Gasteiger partial charge in [-0.3, -0.25) is 4.99 Å². The summed E-state index contributed by atoms with van der Waals surface area (Å²) in [4.78, 5) is 4.14. The number of hydrogen-bond acceptors (Lipinski definition) is 3. The lowest BCUT2D eigenvalue weighted by Crippen LogP contribution is -2.11. The maximum Gasteiger partial charge on any atom is 0.0934 e. The topological polar surface area (TPSA) is 56.8 Å². The number of nitrogens with zero attached hydrogens (tertiary/aromatic N) is 1. The van der Waals surface area contributed by atoms with Gasteiger partial charge in [-0.1, -0.05) is 6.92 Å². The van der Waals surface area contributed by atoms with E-state index in [1.807, 2.05) is 6.92 Å². The summed E-state index contributed by atoms with van der Waals surface area (Å²) in [5, 5.41) is 0. The van der Waals surface area contributed by atoms with Crippen molar-refractivity contribution in [2.75, 3.05) is 33.5 Å². The van der Waals surface area contributed by atoms with Crippen LogP contribution < -0.4 is 5.73 Å². The highest BCUT2D eigenvalue weighted by molar-refractivity contribution is 5.79. The molecule has 0 aliphatic rings. The summed E-state index contributed by atoms with van der Waals surface area (Å²) in [6.07, 6.45) is 1.74. The van der Waals surface area contributed by atoms with Crippen molar-refractivity contribution in [3.8, 4) is 0 Å². The van der Waals surface area contributed by atoms with E-state index in [2.05, 4.69) is 4.99 Å². The van der Waals surface area contributed by atoms with E-state index in [1.165, 1.54) is 0 Å². The molecule has 4 nitrogen and oxygen atoms in total. The van der Waals surface area contributed by atoms with Gasteiger partial charge in [-0.2, -0.15) is 0 Å². The van der Waals surface area contributed by atoms with Gasteiger partial charge in [0.05, 0.1) is 19.0 Å². The molecule has 0 radical (unpaired) electrons. The molecule has 0 rings (SSSR count). The summed E-state index contributed by atoms with van der Waals surface area (Å²) in [5.74, 6) is 0.719. The lowest BCUT2D eigenvalue weighted by Gasteiger charge is -2.01. The number of ether oxygens (including phenoxy) is 2. The molecule has 0 fully saturated rings. The van der Waals surface area contributed by atoms with Gasteiger partial charge in [-0.05, 0) is 6.42 Å². The molecule has 0 aliphatic carbocycles. The Morgan fingerprint density at radius 3 is 2.69 bits per heavy atom. The molecular formula is C9H20N2O2. The van der Waals surface area contributed by atoms with E-state index in [1.54, 1.807) is 7.11 Å². The van der Waals surface area contributed by atoms with Gasteiger partial charge in [0.15, 0.2) is 0 Å². The predicted octanol–water partition coefficient (Wildman–Crippen LogP) is 0.807. The average Bonchev–Trinajstić information content (AvgIpc) is 2.16. The number of rotatable bonds is 8. The Hall–Kier alpha value is -0.610. The van der Waals surface area contributed by atoms with Crippen LogP contribution in [0.25, 0.3) is 0 Å². The highest BCUT2D eigenvalue weighted by Gasteiger charge is 1.89. The van der Waals surface area contributed by atoms with Gasteiger partial charge in [0.1, 0.15) is 0 Å². The van der Waals surface area contributed by atoms with Crippen molar-refractivity contribution >= 4 is 5.84 Å². The lowest BCUT2D eigenvalue weighted by atomic mass is 10.4. The lowest BCUT2D eigenvalue weighted by molar-refractivity contribution is 0.0702. The summed E-state index contributed by atoms with van der Waals surface area (Å²) in [7, 11) is 1.66. The van der Waals surface area contributed by atoms with Gasteiger partial charge in [0.2, 0.25) is 0 Å². The number of aliphatic imine (C=N–C) groups is 1. The third-order valence-corrected chi connectivity index (χ3v) is 1.56. The van der Waals surface area contributed by atoms with Gasteiger partial charge in [0, 0.05) is 26.7 Å². The van der Waals surface area contributed by atoms with Crippen LogP contribution in [-0.4, -0.2) is 39.3 Å². The zero-order valence-corrected chi connectivity index (χ0v) is 8.58. The van der Waals surface area contributed by atoms with Crippen molar-refractivity contribution in [3.05, 3.63) is 0 Å². The van der Waals surface area contributed by atoms with E-state index in [0.29, 0.717) is 13.2 Å². The SMILES string of the molecule is CCC(N)=NCCCOCCOC. The fraction of sp³-hybridized carbons (Fsp3) is 0.889. The van der Waals surface area contributed by atoms with Crippen molar-refractivity contribution in [1.29, 1.82) is 0 Å². The average molecular weight is 188 g/mol. The molecule has 0 spiro atoms. The minimum Gasteiger partial charge on any atom is -0.387 e. The molecule has 4 heteroatoms. The second-order valence-electron chi connectivity index (χ2n) is 2.69. The molecule has 0 aliphatic heterocycles. The first-order chi connectivity index (χ1) is 6.31. The molecule has 0 heterocycles. The Labute approximate surface area is 80.1 Å². The third kappa shape index (κ3) is 9.30. The Morgan fingerprint density at radius 1 is 1.31 bits per heavy atom. The largest absolute Gasteiger partial charge is 0.387 e. The molecule has 2 N–H and O–H groups in total. The zero-order chi connectivity index (χ0) is 9.94. The van der Waals surface area contributed by atoms with Crippen molar-refractivity contribution in [1.82, 2.24) is 0 Å². The number of methoxy groups -OCH3 is 1. The maximum atomic E-state index is 5.52. The van der Waals surface area contributed by atoms with Crippen LogP contribution in [-0.2, 0) is 9.47 Å². The quantitative estimate of drug-likeness (QED) is 0.348. The van der Waals surface area contributed by atoms with E-state index >= 15 is 0 Å². The fourth-order valence-corrected chi connectivity index (χ4v) is 0.745. The Bertz CT molecular complexity index is 138. The first-order valence-electron chi connectivity index (χ1n) is 4.66. The summed E-state index contributed by atoms with van der Waals surface area (Å²) in [5.41, 5.74) is 5.52. The third-order valence-electron chi connectivity index (χ3n) is 1.56. The number of hydrogen-bond donors (Lipinski definition) is 1. The standard InChI is InChI=1S/C9H20N2O2/c1-3-9(10)11-5-4-6-13-8-7-12-2/h3-8H2,1-2H3,(H2,10,11). The van der Waals surface area contributed by atoms with Crippen LogP contribution in [0.2, 0.25) is 0 Å². The first-order valence-corrected chi connectivity index (χ1v) is 4.66. The molecule has 0 aromatic rings. The smallest absolute Gasteiger partial charge is 0.0934 e. The van der Waals surface area contributed by atoms with Gasteiger partial charge < -0.3 is 15.2 Å². The van der Waals surface area contributed by atoms with E-state index in [9.17, 15) is 0 Å². The van der Waals surface area contributed by atoms with Crippen LogP contribution in [0, 0.1) is 0 Å². The van der Waals surface area contributed by atoms with Crippen LogP contribution in [0.1, 0.15) is 19.8 Å². The summed E-state index contributed by atoms with van der Waals surface area (Å²) < 4.78 is 10.1. The van der Waals surface area contributed by atoms with Gasteiger partial charge >= 0.3 is 0 Å². The minimum absolute atomic E-state index is 0.653. The Balaban J connectivity index is 3.08. The monoisotopic (exact) mass is 188 g/mol. The van der Waals surface area contributed by atoms with Crippen LogP contribution in [0.4, 0.5) is 0 Å². The van der Waals surface area contributed by atoms with Crippen LogP contribution >= 0.6 is 0 Å². The molecule has 0 atom stereocenters. The highest BCUT2D eigenvalue weighted by atomic mass is 16.5. The van der Waals surface area contributed by atoms with Crippen LogP contribution in [0.15, 0.2) is 4.99 Å². The fourth-order valence-electron chi connectivity index (χ4n) is 0.745. The second-order valence-corrected chi connectivity index (χ2v) is 2.69. The van der Waals surface area contributed by atoms with E-state index in [-0.39, 0.29) is 0 Å². The number of nitrogens with two attached hydrogens (primary N) is 1. The predicted molar refractivity (Wildman–Crippen MR) is 54.1 cm³/mol. The number of amidine groups is 1. The van der Waals surface area contributed by atoms with Crippen molar-refractivity contribution < 1.29 is 9.47 Å². The van der Waals surface area contributed by atoms with Crippen LogP contribution in [0.5, 0.6) is 0 Å². The van der Waals surface area contributed by atoms with Gasteiger partial charge in [-0.25, -0.2) is 0 Å². The summed E-state index contributed by atoms with van der Waals surface area (Å²) >= 11 is 0. The molecule has 78 valence electrons. The Kier molecular flexibility index (Phi) is 9.03. The molecule has 0 saturated carbocycles. The van der Waals surface area contributed by atoms with E-state index in [4.69, 9.17) is 15.2 Å². The van der Waals surface area contributed by atoms with E-state index in [0.717, 1.165) is 31.8 Å². The molecule has 0 amide bonds. The molecule has 0 bridgehead atoms. The zero-order valence-electron chi connectivity index (χ0n) is 8.58. The molecule has 0 aromatic heterocycles. The first kappa shape index (κ1) is 12.4. The minimum atomic E-state index is 0.653. The Morgan fingerprint density at radius 2 is 2.08 bits per heavy atom. The van der Waals surface area contributed by atoms with Crippen molar-refractivity contribution in [3.63, 3.8) is 0 Å². The summed E-state index contributed by atoms with van der Waals surface area (Å²) in [6, 6.07) is 0. The molecule has 13 heavy (non-hydrogen) atoms. The van der Waals surface area contributed by atoms with Gasteiger partial charge in [0.25, 0.3) is 0 Å². The summed E-state index contributed by atoms with van der Waals surface area (Å²) in [6.45, 7) is 4.79. The highest BCUT2D eigenvalue weighted by Crippen LogP contribution is 1.86. The van der Waals surface area contributed by atoms with Crippen molar-refractivity contribution in [2.45, 2.75) is 19.8 Å². The molecular weight excluding hydrogens is 168 g/mol. The molecule has 0 saturated heterocycles. The molecule has 0 aromatic carbocycles.